The van der Waals surface area contributed by atoms with E-state index < -0.39 is 0 Å². The molecule has 0 unspecified atom stereocenters. The molecule has 5 heteroatoms. The molecule has 1 N–H and O–H groups in total. The first kappa shape index (κ1) is 12.6. The minimum absolute atomic E-state index is 0.331. The van der Waals surface area contributed by atoms with E-state index >= 15 is 0 Å². The van der Waals surface area contributed by atoms with Crippen LogP contribution in [0, 0.1) is 0 Å². The number of benzene rings is 1. The fraction of sp³-hybridized carbons (Fsp3) is 0.267. The summed E-state index contributed by atoms with van der Waals surface area (Å²) in [5.41, 5.74) is 0.992. The topological polar surface area (TPSA) is 58.1 Å². The number of para-hydroxylation sites is 1. The van der Waals surface area contributed by atoms with E-state index in [0.29, 0.717) is 18.6 Å². The van der Waals surface area contributed by atoms with Gasteiger partial charge in [-0.2, -0.15) is 0 Å². The highest BCUT2D eigenvalue weighted by Crippen LogP contribution is 2.20. The molecular weight excluding hydrogens is 252 g/mol. The average molecular weight is 268 g/mol. The number of carbonyl (C=O) groups excluding carboxylic acids is 1. The second kappa shape index (κ2) is 5.69. The smallest absolute Gasteiger partial charge is 0.136 e. The number of piperidine rings is 1. The summed E-state index contributed by atoms with van der Waals surface area (Å²) in [6.45, 7) is 1.47. The van der Waals surface area contributed by atoms with Crippen LogP contribution in [0.1, 0.15) is 12.8 Å². The number of hydrogen-bond acceptors (Lipinski definition) is 5. The SMILES string of the molecule is O=C1CCN(c2cc(Nc3ccccc3)ncn2)CC1. The van der Waals surface area contributed by atoms with Gasteiger partial charge in [0, 0.05) is 37.7 Å². The maximum absolute atomic E-state index is 11.3. The van der Waals surface area contributed by atoms with Crippen LogP contribution >= 0.6 is 0 Å². The number of anilines is 3. The van der Waals surface area contributed by atoms with Gasteiger partial charge in [0.2, 0.25) is 0 Å². The Labute approximate surface area is 117 Å². The van der Waals surface area contributed by atoms with Crippen molar-refractivity contribution in [1.82, 2.24) is 9.97 Å². The lowest BCUT2D eigenvalue weighted by Crippen LogP contribution is -2.34. The normalized spacial score (nSPS) is 15.2. The molecule has 1 aromatic carbocycles. The lowest BCUT2D eigenvalue weighted by Gasteiger charge is -2.27. The summed E-state index contributed by atoms with van der Waals surface area (Å²) in [4.78, 5) is 21.9. The molecule has 0 spiro atoms. The first-order chi connectivity index (χ1) is 9.81. The van der Waals surface area contributed by atoms with Crippen molar-refractivity contribution in [3.63, 3.8) is 0 Å². The lowest BCUT2D eigenvalue weighted by molar-refractivity contribution is -0.119. The molecular formula is C15H16N4O. The number of Topliss-reactive ketones (excluding diaryl/α,β-unsaturated/α-hetero) is 1. The minimum atomic E-state index is 0.331. The zero-order chi connectivity index (χ0) is 13.8. The fourth-order valence-electron chi connectivity index (χ4n) is 2.24. The summed E-state index contributed by atoms with van der Waals surface area (Å²) in [5, 5.41) is 3.25. The molecule has 0 radical (unpaired) electrons. The summed E-state index contributed by atoms with van der Waals surface area (Å²) >= 11 is 0. The Balaban J connectivity index is 1.74. The largest absolute Gasteiger partial charge is 0.356 e. The van der Waals surface area contributed by atoms with Gasteiger partial charge >= 0.3 is 0 Å². The summed E-state index contributed by atoms with van der Waals surface area (Å²) in [7, 11) is 0. The zero-order valence-electron chi connectivity index (χ0n) is 11.1. The van der Waals surface area contributed by atoms with Gasteiger partial charge in [0.25, 0.3) is 0 Å². The Kier molecular flexibility index (Phi) is 3.58. The summed E-state index contributed by atoms with van der Waals surface area (Å²) in [6, 6.07) is 11.8. The first-order valence-corrected chi connectivity index (χ1v) is 6.72. The van der Waals surface area contributed by atoms with Crippen LogP contribution in [0.3, 0.4) is 0 Å². The second-order valence-electron chi connectivity index (χ2n) is 4.78. The van der Waals surface area contributed by atoms with E-state index in [1.807, 2.05) is 36.4 Å². The maximum atomic E-state index is 11.3. The van der Waals surface area contributed by atoms with Gasteiger partial charge in [0.15, 0.2) is 0 Å². The van der Waals surface area contributed by atoms with E-state index in [9.17, 15) is 4.79 Å². The van der Waals surface area contributed by atoms with Gasteiger partial charge in [-0.15, -0.1) is 0 Å². The number of aromatic nitrogens is 2. The molecule has 1 saturated heterocycles. The molecule has 2 heterocycles. The van der Waals surface area contributed by atoms with E-state index in [1.54, 1.807) is 6.33 Å². The standard InChI is InChI=1S/C15H16N4O/c20-13-6-8-19(9-7-13)15-10-14(16-11-17-15)18-12-4-2-1-3-5-12/h1-5,10-11H,6-9H2,(H,16,17,18). The second-order valence-corrected chi connectivity index (χ2v) is 4.78. The molecule has 0 aliphatic carbocycles. The molecule has 0 amide bonds. The lowest BCUT2D eigenvalue weighted by atomic mass is 10.1. The van der Waals surface area contributed by atoms with Crippen molar-refractivity contribution >= 4 is 23.1 Å². The number of nitrogens with zero attached hydrogens (tertiary/aromatic N) is 3. The summed E-state index contributed by atoms with van der Waals surface area (Å²) < 4.78 is 0. The molecule has 1 fully saturated rings. The molecule has 1 aromatic heterocycles. The zero-order valence-corrected chi connectivity index (χ0v) is 11.1. The van der Waals surface area contributed by atoms with E-state index in [-0.39, 0.29) is 0 Å². The molecule has 5 nitrogen and oxygen atoms in total. The summed E-state index contributed by atoms with van der Waals surface area (Å²) in [5.74, 6) is 1.96. The van der Waals surface area contributed by atoms with E-state index in [2.05, 4.69) is 20.2 Å². The van der Waals surface area contributed by atoms with Crippen LogP contribution < -0.4 is 10.2 Å². The maximum Gasteiger partial charge on any atom is 0.136 e. The van der Waals surface area contributed by atoms with Crippen molar-refractivity contribution < 1.29 is 4.79 Å². The predicted octanol–water partition coefficient (Wildman–Crippen LogP) is 2.39. The molecule has 1 aliphatic rings. The molecule has 0 bridgehead atoms. The number of hydrogen-bond donors (Lipinski definition) is 1. The Morgan fingerprint density at radius 1 is 1.05 bits per heavy atom. The third kappa shape index (κ3) is 2.93. The van der Waals surface area contributed by atoms with E-state index in [4.69, 9.17) is 0 Å². The third-order valence-corrected chi connectivity index (χ3v) is 3.34. The van der Waals surface area contributed by atoms with Crippen molar-refractivity contribution in [2.75, 3.05) is 23.3 Å². The minimum Gasteiger partial charge on any atom is -0.356 e. The van der Waals surface area contributed by atoms with Gasteiger partial charge in [-0.25, -0.2) is 9.97 Å². The highest BCUT2D eigenvalue weighted by atomic mass is 16.1. The first-order valence-electron chi connectivity index (χ1n) is 6.72. The molecule has 0 saturated carbocycles. The van der Waals surface area contributed by atoms with Gasteiger partial charge in [-0.1, -0.05) is 18.2 Å². The number of ketones is 1. The van der Waals surface area contributed by atoms with Crippen LogP contribution in [0.5, 0.6) is 0 Å². The van der Waals surface area contributed by atoms with Crippen molar-refractivity contribution in [2.45, 2.75) is 12.8 Å². The van der Waals surface area contributed by atoms with Crippen molar-refractivity contribution in [2.24, 2.45) is 0 Å². The molecule has 20 heavy (non-hydrogen) atoms. The third-order valence-electron chi connectivity index (χ3n) is 3.34. The Morgan fingerprint density at radius 3 is 2.55 bits per heavy atom. The molecule has 102 valence electrons. The van der Waals surface area contributed by atoms with E-state index in [0.717, 1.165) is 30.4 Å². The van der Waals surface area contributed by atoms with Crippen LogP contribution in [0.15, 0.2) is 42.7 Å². The Hall–Kier alpha value is -2.43. The van der Waals surface area contributed by atoms with Gasteiger partial charge in [-0.3, -0.25) is 4.79 Å². The van der Waals surface area contributed by atoms with Gasteiger partial charge in [-0.05, 0) is 12.1 Å². The number of carbonyl (C=O) groups is 1. The van der Waals surface area contributed by atoms with Crippen molar-refractivity contribution in [3.05, 3.63) is 42.7 Å². The quantitative estimate of drug-likeness (QED) is 0.926. The predicted molar refractivity (Wildman–Crippen MR) is 78.2 cm³/mol. The van der Waals surface area contributed by atoms with Gasteiger partial charge < -0.3 is 10.2 Å². The van der Waals surface area contributed by atoms with Crippen LogP contribution in [-0.4, -0.2) is 28.8 Å². The van der Waals surface area contributed by atoms with Gasteiger partial charge in [0.05, 0.1) is 0 Å². The fourth-order valence-corrected chi connectivity index (χ4v) is 2.24. The van der Waals surface area contributed by atoms with Crippen molar-refractivity contribution in [3.8, 4) is 0 Å². The number of rotatable bonds is 3. The Morgan fingerprint density at radius 2 is 1.80 bits per heavy atom. The molecule has 2 aromatic rings. The van der Waals surface area contributed by atoms with Crippen LogP contribution in [0.4, 0.5) is 17.3 Å². The highest BCUT2D eigenvalue weighted by Gasteiger charge is 2.17. The molecule has 0 atom stereocenters. The van der Waals surface area contributed by atoms with Crippen LogP contribution in [0.2, 0.25) is 0 Å². The van der Waals surface area contributed by atoms with Crippen molar-refractivity contribution in [1.29, 1.82) is 0 Å². The van der Waals surface area contributed by atoms with Crippen LogP contribution in [0.25, 0.3) is 0 Å². The van der Waals surface area contributed by atoms with Gasteiger partial charge in [0.1, 0.15) is 23.7 Å². The Bertz CT molecular complexity index is 590. The van der Waals surface area contributed by atoms with Crippen LogP contribution in [-0.2, 0) is 4.79 Å². The monoisotopic (exact) mass is 268 g/mol. The molecule has 1 aliphatic heterocycles. The molecule has 3 rings (SSSR count). The average Bonchev–Trinajstić information content (AvgIpc) is 2.49. The summed E-state index contributed by atoms with van der Waals surface area (Å²) in [6.07, 6.45) is 2.76. The highest BCUT2D eigenvalue weighted by molar-refractivity contribution is 5.80. The number of nitrogens with one attached hydrogen (secondary N) is 1. The van der Waals surface area contributed by atoms with E-state index in [1.165, 1.54) is 0 Å².